The average molecular weight is 284 g/mol. The van der Waals surface area contributed by atoms with Crippen LogP contribution in [0.2, 0.25) is 5.02 Å². The molecule has 96 valence electrons. The van der Waals surface area contributed by atoms with Crippen LogP contribution in [0, 0.1) is 6.92 Å². The minimum atomic E-state index is -0.0853. The van der Waals surface area contributed by atoms with E-state index in [-0.39, 0.29) is 6.61 Å². The highest BCUT2D eigenvalue weighted by Gasteiger charge is 2.08. The van der Waals surface area contributed by atoms with Gasteiger partial charge in [-0.1, -0.05) is 11.6 Å². The van der Waals surface area contributed by atoms with Gasteiger partial charge in [-0.2, -0.15) is 0 Å². The molecule has 0 saturated heterocycles. The van der Waals surface area contributed by atoms with Crippen molar-refractivity contribution in [1.82, 2.24) is 9.97 Å². The standard InChI is InChI=1S/C12H14ClN3OS/c1-8-15-10(7-18-8)5-16(2)12-3-9(6-17)11(13)4-14-12/h3-4,7,17H,5-6H2,1-2H3. The number of nitrogens with zero attached hydrogens (tertiary/aromatic N) is 3. The lowest BCUT2D eigenvalue weighted by atomic mass is 10.2. The maximum atomic E-state index is 9.18. The number of hydrogen-bond donors (Lipinski definition) is 1. The van der Waals surface area contributed by atoms with Gasteiger partial charge >= 0.3 is 0 Å². The number of aliphatic hydroxyl groups is 1. The quantitative estimate of drug-likeness (QED) is 0.937. The lowest BCUT2D eigenvalue weighted by Crippen LogP contribution is -2.18. The molecule has 0 amide bonds. The second kappa shape index (κ2) is 5.65. The molecule has 1 N–H and O–H groups in total. The van der Waals surface area contributed by atoms with Gasteiger partial charge in [0.2, 0.25) is 0 Å². The smallest absolute Gasteiger partial charge is 0.129 e. The largest absolute Gasteiger partial charge is 0.392 e. The molecule has 2 aromatic heterocycles. The summed E-state index contributed by atoms with van der Waals surface area (Å²) in [5.74, 6) is 0.772. The molecule has 0 saturated carbocycles. The number of aliphatic hydroxyl groups excluding tert-OH is 1. The molecule has 2 heterocycles. The van der Waals surface area contributed by atoms with Crippen LogP contribution >= 0.6 is 22.9 Å². The van der Waals surface area contributed by atoms with Crippen molar-refractivity contribution in [3.05, 3.63) is 38.9 Å². The highest BCUT2D eigenvalue weighted by Crippen LogP contribution is 2.21. The van der Waals surface area contributed by atoms with Crippen molar-refractivity contribution in [3.63, 3.8) is 0 Å². The van der Waals surface area contributed by atoms with Gasteiger partial charge in [-0.15, -0.1) is 11.3 Å². The first-order valence-corrected chi connectivity index (χ1v) is 6.73. The van der Waals surface area contributed by atoms with E-state index >= 15 is 0 Å². The van der Waals surface area contributed by atoms with Crippen molar-refractivity contribution in [3.8, 4) is 0 Å². The van der Waals surface area contributed by atoms with Gasteiger partial charge in [0.1, 0.15) is 5.82 Å². The third-order valence-corrected chi connectivity index (χ3v) is 3.71. The van der Waals surface area contributed by atoms with Crippen molar-refractivity contribution in [2.75, 3.05) is 11.9 Å². The second-order valence-corrected chi connectivity index (χ2v) is 5.48. The number of rotatable bonds is 4. The predicted octanol–water partition coefficient (Wildman–Crippen LogP) is 2.63. The number of thiazole rings is 1. The number of anilines is 1. The molecule has 0 atom stereocenters. The number of halogens is 1. The third kappa shape index (κ3) is 2.98. The van der Waals surface area contributed by atoms with Crippen LogP contribution in [0.25, 0.3) is 0 Å². The Labute approximate surface area is 115 Å². The second-order valence-electron chi connectivity index (χ2n) is 4.01. The molecule has 0 aromatic carbocycles. The molecule has 2 aromatic rings. The predicted molar refractivity (Wildman–Crippen MR) is 74.1 cm³/mol. The summed E-state index contributed by atoms with van der Waals surface area (Å²) < 4.78 is 0. The van der Waals surface area contributed by atoms with E-state index in [4.69, 9.17) is 11.6 Å². The van der Waals surface area contributed by atoms with Crippen molar-refractivity contribution < 1.29 is 5.11 Å². The molecule has 18 heavy (non-hydrogen) atoms. The Morgan fingerprint density at radius 1 is 1.50 bits per heavy atom. The van der Waals surface area contributed by atoms with Crippen LogP contribution in [0.4, 0.5) is 5.82 Å². The number of pyridine rings is 1. The fourth-order valence-electron chi connectivity index (χ4n) is 1.60. The zero-order valence-electron chi connectivity index (χ0n) is 10.2. The fourth-order valence-corrected chi connectivity index (χ4v) is 2.37. The van der Waals surface area contributed by atoms with Crippen molar-refractivity contribution in [2.24, 2.45) is 0 Å². The van der Waals surface area contributed by atoms with E-state index in [1.54, 1.807) is 23.6 Å². The van der Waals surface area contributed by atoms with Gasteiger partial charge in [0.15, 0.2) is 0 Å². The first kappa shape index (κ1) is 13.3. The Hall–Kier alpha value is -1.17. The van der Waals surface area contributed by atoms with E-state index in [9.17, 15) is 5.11 Å². The molecule has 0 spiro atoms. The van der Waals surface area contributed by atoms with Crippen molar-refractivity contribution in [1.29, 1.82) is 0 Å². The van der Waals surface area contributed by atoms with Crippen molar-refractivity contribution >= 4 is 28.8 Å². The molecule has 0 aliphatic carbocycles. The normalized spacial score (nSPS) is 10.7. The highest BCUT2D eigenvalue weighted by atomic mass is 35.5. The van der Waals surface area contributed by atoms with Gasteiger partial charge in [0.25, 0.3) is 0 Å². The van der Waals surface area contributed by atoms with Crippen molar-refractivity contribution in [2.45, 2.75) is 20.1 Å². The van der Waals surface area contributed by atoms with E-state index in [0.29, 0.717) is 17.1 Å². The van der Waals surface area contributed by atoms with Gasteiger partial charge in [0.05, 0.1) is 28.9 Å². The Bertz CT molecular complexity index is 544. The molecule has 0 aliphatic rings. The molecule has 0 bridgehead atoms. The van der Waals surface area contributed by atoms with E-state index < -0.39 is 0 Å². The Morgan fingerprint density at radius 2 is 2.28 bits per heavy atom. The van der Waals surface area contributed by atoms with Crippen LogP contribution in [0.3, 0.4) is 0 Å². The first-order chi connectivity index (χ1) is 8.60. The van der Waals surface area contributed by atoms with E-state index in [1.807, 2.05) is 24.3 Å². The molecule has 0 radical (unpaired) electrons. The van der Waals surface area contributed by atoms with Crippen LogP contribution in [-0.2, 0) is 13.2 Å². The molecule has 4 nitrogen and oxygen atoms in total. The van der Waals surface area contributed by atoms with Crippen LogP contribution in [-0.4, -0.2) is 22.1 Å². The molecule has 0 unspecified atom stereocenters. The van der Waals surface area contributed by atoms with Gasteiger partial charge in [0, 0.05) is 24.2 Å². The monoisotopic (exact) mass is 283 g/mol. The molecule has 2 rings (SSSR count). The zero-order valence-corrected chi connectivity index (χ0v) is 11.8. The summed E-state index contributed by atoms with van der Waals surface area (Å²) in [5, 5.41) is 12.8. The molecule has 0 fully saturated rings. The summed E-state index contributed by atoms with van der Waals surface area (Å²) in [6, 6.07) is 1.79. The van der Waals surface area contributed by atoms with E-state index in [0.717, 1.165) is 16.5 Å². The lowest BCUT2D eigenvalue weighted by molar-refractivity contribution is 0.282. The third-order valence-electron chi connectivity index (χ3n) is 2.55. The van der Waals surface area contributed by atoms with Gasteiger partial charge in [-0.05, 0) is 13.0 Å². The first-order valence-electron chi connectivity index (χ1n) is 5.47. The Morgan fingerprint density at radius 3 is 2.89 bits per heavy atom. The maximum absolute atomic E-state index is 9.18. The number of aryl methyl sites for hydroxylation is 1. The van der Waals surface area contributed by atoms with Gasteiger partial charge < -0.3 is 10.0 Å². The molecular weight excluding hydrogens is 270 g/mol. The lowest BCUT2D eigenvalue weighted by Gasteiger charge is -2.17. The number of hydrogen-bond acceptors (Lipinski definition) is 5. The van der Waals surface area contributed by atoms with Gasteiger partial charge in [-0.25, -0.2) is 9.97 Å². The maximum Gasteiger partial charge on any atom is 0.129 e. The Kier molecular flexibility index (Phi) is 4.16. The van der Waals surface area contributed by atoms with Crippen LogP contribution < -0.4 is 4.90 Å². The number of aromatic nitrogens is 2. The topological polar surface area (TPSA) is 49.2 Å². The molecular formula is C12H14ClN3OS. The molecule has 0 aliphatic heterocycles. The summed E-state index contributed by atoms with van der Waals surface area (Å²) in [6.45, 7) is 2.58. The highest BCUT2D eigenvalue weighted by molar-refractivity contribution is 7.09. The van der Waals surface area contributed by atoms with Crippen LogP contribution in [0.15, 0.2) is 17.6 Å². The SMILES string of the molecule is Cc1nc(CN(C)c2cc(CO)c(Cl)cn2)cs1. The fraction of sp³-hybridized carbons (Fsp3) is 0.333. The molecule has 6 heteroatoms. The summed E-state index contributed by atoms with van der Waals surface area (Å²) in [4.78, 5) is 10.6. The summed E-state index contributed by atoms with van der Waals surface area (Å²) in [6.07, 6.45) is 1.56. The average Bonchev–Trinajstić information content (AvgIpc) is 2.75. The Balaban J connectivity index is 2.15. The van der Waals surface area contributed by atoms with E-state index in [1.165, 1.54) is 0 Å². The minimum absolute atomic E-state index is 0.0853. The minimum Gasteiger partial charge on any atom is -0.392 e. The zero-order chi connectivity index (χ0) is 13.1. The summed E-state index contributed by atoms with van der Waals surface area (Å²) in [7, 11) is 1.94. The van der Waals surface area contributed by atoms with E-state index in [2.05, 4.69) is 9.97 Å². The van der Waals surface area contributed by atoms with Crippen LogP contribution in [0.5, 0.6) is 0 Å². The summed E-state index contributed by atoms with van der Waals surface area (Å²) >= 11 is 7.55. The van der Waals surface area contributed by atoms with Crippen LogP contribution in [0.1, 0.15) is 16.3 Å². The summed E-state index contributed by atoms with van der Waals surface area (Å²) in [5.41, 5.74) is 1.70. The van der Waals surface area contributed by atoms with Gasteiger partial charge in [-0.3, -0.25) is 0 Å².